The number of guanidine groups is 1. The molecule has 0 radical (unpaired) electrons. The van der Waals surface area contributed by atoms with E-state index in [0.29, 0.717) is 12.4 Å². The van der Waals surface area contributed by atoms with Gasteiger partial charge in [-0.2, -0.15) is 0 Å². The molecule has 2 aromatic rings. The van der Waals surface area contributed by atoms with E-state index in [9.17, 15) is 4.39 Å². The number of hydrogen-bond acceptors (Lipinski definition) is 4. The molecule has 0 atom stereocenters. The SMILES string of the molecule is CCNC(=NCc1ccc(OC)nc1)N1CCN(c2ccc(F)cc2)CC1.I. The van der Waals surface area contributed by atoms with Crippen LogP contribution in [-0.4, -0.2) is 55.7 Å². The van der Waals surface area contributed by atoms with Crippen molar-refractivity contribution in [3.63, 3.8) is 0 Å². The van der Waals surface area contributed by atoms with Crippen molar-refractivity contribution in [1.29, 1.82) is 0 Å². The highest BCUT2D eigenvalue weighted by Gasteiger charge is 2.19. The van der Waals surface area contributed by atoms with Crippen molar-refractivity contribution in [2.24, 2.45) is 4.99 Å². The van der Waals surface area contributed by atoms with Gasteiger partial charge in [0, 0.05) is 50.7 Å². The minimum Gasteiger partial charge on any atom is -0.481 e. The van der Waals surface area contributed by atoms with E-state index in [1.165, 1.54) is 12.1 Å². The number of anilines is 1. The van der Waals surface area contributed by atoms with E-state index in [1.54, 1.807) is 13.3 Å². The first-order valence-corrected chi connectivity index (χ1v) is 9.22. The van der Waals surface area contributed by atoms with Gasteiger partial charge in [-0.15, -0.1) is 24.0 Å². The van der Waals surface area contributed by atoms with Gasteiger partial charge in [0.05, 0.1) is 13.7 Å². The maximum Gasteiger partial charge on any atom is 0.212 e. The highest BCUT2D eigenvalue weighted by atomic mass is 127. The van der Waals surface area contributed by atoms with E-state index in [4.69, 9.17) is 9.73 Å². The fourth-order valence-corrected chi connectivity index (χ4v) is 3.05. The van der Waals surface area contributed by atoms with Crippen LogP contribution in [0.4, 0.5) is 10.1 Å². The number of aromatic nitrogens is 1. The van der Waals surface area contributed by atoms with Crippen molar-refractivity contribution >= 4 is 35.6 Å². The van der Waals surface area contributed by atoms with Crippen LogP contribution in [-0.2, 0) is 6.54 Å². The van der Waals surface area contributed by atoms with E-state index in [2.05, 4.69) is 27.0 Å². The van der Waals surface area contributed by atoms with Crippen molar-refractivity contribution < 1.29 is 9.13 Å². The molecule has 8 heteroatoms. The van der Waals surface area contributed by atoms with Crippen LogP contribution in [0.3, 0.4) is 0 Å². The van der Waals surface area contributed by atoms with Gasteiger partial charge in [0.15, 0.2) is 5.96 Å². The molecule has 6 nitrogen and oxygen atoms in total. The maximum absolute atomic E-state index is 13.1. The zero-order valence-electron chi connectivity index (χ0n) is 16.3. The second-order valence-corrected chi connectivity index (χ2v) is 6.33. The molecule has 152 valence electrons. The molecule has 1 saturated heterocycles. The van der Waals surface area contributed by atoms with Gasteiger partial charge in [-0.25, -0.2) is 14.4 Å². The summed E-state index contributed by atoms with van der Waals surface area (Å²) < 4.78 is 18.2. The lowest BCUT2D eigenvalue weighted by Crippen LogP contribution is -2.52. The second kappa shape index (κ2) is 11.0. The molecule has 0 amide bonds. The number of piperazine rings is 1. The Morgan fingerprint density at radius 2 is 1.86 bits per heavy atom. The molecule has 1 aromatic carbocycles. The summed E-state index contributed by atoms with van der Waals surface area (Å²) in [4.78, 5) is 13.5. The number of aliphatic imine (C=N–C) groups is 1. The third-order valence-electron chi connectivity index (χ3n) is 4.52. The third-order valence-corrected chi connectivity index (χ3v) is 4.52. The van der Waals surface area contributed by atoms with Crippen LogP contribution in [0.2, 0.25) is 0 Å². The summed E-state index contributed by atoms with van der Waals surface area (Å²) in [6.07, 6.45) is 1.79. The zero-order chi connectivity index (χ0) is 19.1. The number of ether oxygens (including phenoxy) is 1. The first-order valence-electron chi connectivity index (χ1n) is 9.22. The van der Waals surface area contributed by atoms with Gasteiger partial charge in [-0.05, 0) is 36.8 Å². The maximum atomic E-state index is 13.1. The van der Waals surface area contributed by atoms with Crippen molar-refractivity contribution in [3.05, 3.63) is 54.0 Å². The molecular formula is C20H27FIN5O. The molecule has 1 N–H and O–H groups in total. The van der Waals surface area contributed by atoms with Gasteiger partial charge in [0.25, 0.3) is 0 Å². The number of benzene rings is 1. The minimum atomic E-state index is -0.202. The Balaban J connectivity index is 0.00000280. The Hall–Kier alpha value is -2.10. The third kappa shape index (κ3) is 5.95. The van der Waals surface area contributed by atoms with Crippen LogP contribution in [0.25, 0.3) is 0 Å². The van der Waals surface area contributed by atoms with Crippen LogP contribution < -0.4 is 15.0 Å². The van der Waals surface area contributed by atoms with Crippen LogP contribution in [0.5, 0.6) is 5.88 Å². The zero-order valence-corrected chi connectivity index (χ0v) is 18.6. The molecule has 1 aliphatic heterocycles. The Morgan fingerprint density at radius 3 is 2.43 bits per heavy atom. The van der Waals surface area contributed by atoms with Crippen LogP contribution in [0.1, 0.15) is 12.5 Å². The number of hydrogen-bond donors (Lipinski definition) is 1. The lowest BCUT2D eigenvalue weighted by Gasteiger charge is -2.37. The highest BCUT2D eigenvalue weighted by Crippen LogP contribution is 2.17. The van der Waals surface area contributed by atoms with E-state index in [1.807, 2.05) is 24.3 Å². The summed E-state index contributed by atoms with van der Waals surface area (Å²) in [5.41, 5.74) is 2.10. The van der Waals surface area contributed by atoms with E-state index >= 15 is 0 Å². The normalized spacial score (nSPS) is 14.5. The van der Waals surface area contributed by atoms with Gasteiger partial charge >= 0.3 is 0 Å². The summed E-state index contributed by atoms with van der Waals surface area (Å²) >= 11 is 0. The first kappa shape index (κ1) is 22.2. The lowest BCUT2D eigenvalue weighted by molar-refractivity contribution is 0.372. The molecule has 3 rings (SSSR count). The average Bonchev–Trinajstić information content (AvgIpc) is 2.72. The molecule has 2 heterocycles. The van der Waals surface area contributed by atoms with Gasteiger partial charge in [-0.1, -0.05) is 6.07 Å². The largest absolute Gasteiger partial charge is 0.481 e. The summed E-state index contributed by atoms with van der Waals surface area (Å²) in [6, 6.07) is 10.5. The Kier molecular flexibility index (Phi) is 8.75. The number of halogens is 2. The summed E-state index contributed by atoms with van der Waals surface area (Å²) in [6.45, 7) is 6.93. The molecular weight excluding hydrogens is 472 g/mol. The number of pyridine rings is 1. The molecule has 0 saturated carbocycles. The second-order valence-electron chi connectivity index (χ2n) is 6.33. The van der Waals surface area contributed by atoms with Crippen molar-refractivity contribution in [1.82, 2.24) is 15.2 Å². The molecule has 1 aliphatic rings. The smallest absolute Gasteiger partial charge is 0.212 e. The molecule has 28 heavy (non-hydrogen) atoms. The average molecular weight is 499 g/mol. The summed E-state index contributed by atoms with van der Waals surface area (Å²) in [5, 5.41) is 3.37. The highest BCUT2D eigenvalue weighted by molar-refractivity contribution is 14.0. The Morgan fingerprint density at radius 1 is 1.14 bits per heavy atom. The molecule has 0 unspecified atom stereocenters. The summed E-state index contributed by atoms with van der Waals surface area (Å²) in [7, 11) is 1.61. The fraction of sp³-hybridized carbons (Fsp3) is 0.400. The number of rotatable bonds is 5. The number of nitrogens with one attached hydrogen (secondary N) is 1. The predicted octanol–water partition coefficient (Wildman–Crippen LogP) is 3.14. The lowest BCUT2D eigenvalue weighted by atomic mass is 10.2. The van der Waals surface area contributed by atoms with E-state index < -0.39 is 0 Å². The van der Waals surface area contributed by atoms with Crippen LogP contribution in [0, 0.1) is 5.82 Å². The minimum absolute atomic E-state index is 0. The number of methoxy groups -OCH3 is 1. The van der Waals surface area contributed by atoms with E-state index in [0.717, 1.165) is 49.9 Å². The van der Waals surface area contributed by atoms with Gasteiger partial charge in [-0.3, -0.25) is 0 Å². The first-order chi connectivity index (χ1) is 13.2. The van der Waals surface area contributed by atoms with Gasteiger partial charge in [0.2, 0.25) is 5.88 Å². The monoisotopic (exact) mass is 499 g/mol. The van der Waals surface area contributed by atoms with Crippen molar-refractivity contribution in [2.45, 2.75) is 13.5 Å². The molecule has 1 aromatic heterocycles. The van der Waals surface area contributed by atoms with E-state index in [-0.39, 0.29) is 29.8 Å². The molecule has 0 aliphatic carbocycles. The topological polar surface area (TPSA) is 53.0 Å². The van der Waals surface area contributed by atoms with Gasteiger partial charge in [0.1, 0.15) is 5.82 Å². The molecule has 1 fully saturated rings. The predicted molar refractivity (Wildman–Crippen MR) is 121 cm³/mol. The standard InChI is InChI=1S/C20H26FN5O.HI/c1-3-22-20(24-15-16-4-9-19(27-2)23-14-16)26-12-10-25(11-13-26)18-7-5-17(21)6-8-18;/h4-9,14H,3,10-13,15H2,1-2H3,(H,22,24);1H. The van der Waals surface area contributed by atoms with Crippen molar-refractivity contribution in [3.8, 4) is 5.88 Å². The van der Waals surface area contributed by atoms with Crippen molar-refractivity contribution in [2.75, 3.05) is 44.7 Å². The molecule has 0 spiro atoms. The Bertz CT molecular complexity index is 746. The van der Waals surface area contributed by atoms with Crippen LogP contribution >= 0.6 is 24.0 Å². The Labute approximate surface area is 182 Å². The number of nitrogens with zero attached hydrogens (tertiary/aromatic N) is 4. The molecule has 0 bridgehead atoms. The van der Waals surface area contributed by atoms with Crippen LogP contribution in [0.15, 0.2) is 47.6 Å². The summed E-state index contributed by atoms with van der Waals surface area (Å²) in [5.74, 6) is 1.31. The van der Waals surface area contributed by atoms with Gasteiger partial charge < -0.3 is 19.9 Å². The quantitative estimate of drug-likeness (QED) is 0.390. The fourth-order valence-electron chi connectivity index (χ4n) is 3.05.